The van der Waals surface area contributed by atoms with E-state index in [-0.39, 0.29) is 15.2 Å². The maximum atomic E-state index is 13.4. The molecule has 0 radical (unpaired) electrons. The van der Waals surface area contributed by atoms with Gasteiger partial charge < -0.3 is 9.80 Å². The number of hydrogen-bond donors (Lipinski definition) is 0. The van der Waals surface area contributed by atoms with Gasteiger partial charge in [0.25, 0.3) is 0 Å². The molecular weight excluding hydrogens is 404 g/mol. The van der Waals surface area contributed by atoms with Crippen LogP contribution in [0.2, 0.25) is 0 Å². The number of carbonyl (C=O) groups is 1. The lowest BCUT2D eigenvalue weighted by molar-refractivity contribution is -0.0114. The van der Waals surface area contributed by atoms with Gasteiger partial charge in [-0.05, 0) is 54.9 Å². The van der Waals surface area contributed by atoms with Crippen LogP contribution < -0.4 is 0 Å². The summed E-state index contributed by atoms with van der Waals surface area (Å²) >= 11 is 5.50. The van der Waals surface area contributed by atoms with Gasteiger partial charge in [0.2, 0.25) is 0 Å². The molecule has 4 rings (SSSR count). The predicted octanol–water partition coefficient (Wildman–Crippen LogP) is 6.16. The minimum Gasteiger partial charge on any atom is -0.362 e. The molecule has 1 aromatic rings. The van der Waals surface area contributed by atoms with Gasteiger partial charge in [-0.3, -0.25) is 4.79 Å². The highest BCUT2D eigenvalue weighted by Crippen LogP contribution is 2.65. The molecule has 152 valence electrons. The van der Waals surface area contributed by atoms with E-state index in [2.05, 4.69) is 71.5 Å². The highest BCUT2D eigenvalue weighted by molar-refractivity contribution is 8.04. The molecule has 0 saturated carbocycles. The van der Waals surface area contributed by atoms with Crippen molar-refractivity contribution < 1.29 is 4.79 Å². The first-order chi connectivity index (χ1) is 13.4. The van der Waals surface area contributed by atoms with Crippen molar-refractivity contribution in [2.24, 2.45) is 5.41 Å². The number of fused-ring (bicyclic) bond motifs is 1. The van der Waals surface area contributed by atoms with Gasteiger partial charge in [-0.1, -0.05) is 13.8 Å². The molecule has 0 spiro atoms. The Kier molecular flexibility index (Phi) is 5.43. The lowest BCUT2D eigenvalue weighted by atomic mass is 9.62. The molecule has 3 nitrogen and oxygen atoms in total. The lowest BCUT2D eigenvalue weighted by Gasteiger charge is -2.61. The maximum Gasteiger partial charge on any atom is 0.164 e. The monoisotopic (exact) mass is 434 g/mol. The van der Waals surface area contributed by atoms with Crippen LogP contribution >= 0.6 is 34.9 Å². The molecule has 0 fully saturated rings. The molecule has 6 heteroatoms. The molecule has 0 bridgehead atoms. The van der Waals surface area contributed by atoms with Crippen molar-refractivity contribution in [2.75, 3.05) is 13.1 Å². The molecule has 1 aliphatic carbocycles. The van der Waals surface area contributed by atoms with Crippen molar-refractivity contribution >= 4 is 40.6 Å². The molecule has 0 aromatic carbocycles. The number of rotatable bonds is 6. The van der Waals surface area contributed by atoms with Gasteiger partial charge in [0.15, 0.2) is 5.78 Å². The zero-order chi connectivity index (χ0) is 20.0. The minimum absolute atomic E-state index is 0.155. The summed E-state index contributed by atoms with van der Waals surface area (Å²) in [5.74, 6) is 0.317. The predicted molar refractivity (Wildman–Crippen MR) is 124 cm³/mol. The summed E-state index contributed by atoms with van der Waals surface area (Å²) in [6.45, 7) is 11.3. The van der Waals surface area contributed by atoms with Crippen LogP contribution in [0, 0.1) is 5.41 Å². The Bertz CT molecular complexity index is 780. The summed E-state index contributed by atoms with van der Waals surface area (Å²) in [7, 11) is 0. The number of thioether (sulfide) groups is 2. The average Bonchev–Trinajstić information content (AvgIpc) is 3.37. The van der Waals surface area contributed by atoms with Gasteiger partial charge in [0, 0.05) is 48.3 Å². The largest absolute Gasteiger partial charge is 0.362 e. The number of hydrogen-bond acceptors (Lipinski definition) is 6. The Morgan fingerprint density at radius 3 is 2.04 bits per heavy atom. The van der Waals surface area contributed by atoms with E-state index < -0.39 is 0 Å². The second kappa shape index (κ2) is 7.44. The number of ketones is 1. The normalized spacial score (nSPS) is 34.5. The molecule has 2 aliphatic heterocycles. The first-order valence-electron chi connectivity index (χ1n) is 10.2. The molecule has 3 aliphatic rings. The minimum atomic E-state index is -0.197. The van der Waals surface area contributed by atoms with Crippen LogP contribution in [-0.2, 0) is 6.42 Å². The first kappa shape index (κ1) is 20.4. The van der Waals surface area contributed by atoms with Gasteiger partial charge in [-0.15, -0.1) is 23.5 Å². The van der Waals surface area contributed by atoms with Gasteiger partial charge in [0.05, 0.1) is 9.74 Å². The van der Waals surface area contributed by atoms with Crippen LogP contribution in [0.15, 0.2) is 34.0 Å². The third kappa shape index (κ3) is 2.74. The fraction of sp³-hybridized carbons (Fsp3) is 0.591. The Hall–Kier alpha value is -0.850. The van der Waals surface area contributed by atoms with Gasteiger partial charge >= 0.3 is 0 Å². The maximum absolute atomic E-state index is 13.4. The molecular formula is C22H30N2OS3. The standard InChI is InChI=1S/C22H30N2OS3/c1-5-7-23-9-11-27-20(23,3)22(21(4)24(8-6-2)10-12-28-21)13-17-15-26-16-18(17)19(25)14-22/h9-12,15-16H,5-8,13-14H2,1-4H3. The molecule has 2 unspecified atom stereocenters. The number of carbonyl (C=O) groups excluding carboxylic acids is 1. The molecule has 0 saturated heterocycles. The van der Waals surface area contributed by atoms with Gasteiger partial charge in [-0.2, -0.15) is 11.3 Å². The number of nitrogens with zero attached hydrogens (tertiary/aromatic N) is 2. The van der Waals surface area contributed by atoms with Crippen molar-refractivity contribution in [3.05, 3.63) is 45.1 Å². The Labute approximate surface area is 181 Å². The van der Waals surface area contributed by atoms with Crippen LogP contribution in [0.5, 0.6) is 0 Å². The first-order valence-corrected chi connectivity index (χ1v) is 12.9. The lowest BCUT2D eigenvalue weighted by Crippen LogP contribution is -2.67. The van der Waals surface area contributed by atoms with Crippen LogP contribution in [0.3, 0.4) is 0 Å². The molecule has 0 amide bonds. The zero-order valence-electron chi connectivity index (χ0n) is 17.2. The highest BCUT2D eigenvalue weighted by atomic mass is 32.2. The Morgan fingerprint density at radius 2 is 1.50 bits per heavy atom. The summed E-state index contributed by atoms with van der Waals surface area (Å²) in [5, 5.41) is 8.75. The average molecular weight is 435 g/mol. The Balaban J connectivity index is 1.87. The summed E-state index contributed by atoms with van der Waals surface area (Å²) < 4.78 is 0. The number of Topliss-reactive ketones (excluding diaryl/α,β-unsaturated/α-hetero) is 1. The molecule has 1 aromatic heterocycles. The van der Waals surface area contributed by atoms with Crippen molar-refractivity contribution in [1.82, 2.24) is 9.80 Å². The summed E-state index contributed by atoms with van der Waals surface area (Å²) in [6, 6.07) is 0. The number of thiophene rings is 1. The van der Waals surface area contributed by atoms with Crippen LogP contribution in [0.4, 0.5) is 0 Å². The Morgan fingerprint density at radius 1 is 0.929 bits per heavy atom. The van der Waals surface area contributed by atoms with Gasteiger partial charge in [-0.25, -0.2) is 0 Å². The summed E-state index contributed by atoms with van der Waals surface area (Å²) in [6.07, 6.45) is 8.28. The molecule has 0 N–H and O–H groups in total. The van der Waals surface area contributed by atoms with Crippen molar-refractivity contribution in [1.29, 1.82) is 0 Å². The van der Waals surface area contributed by atoms with Crippen LogP contribution in [0.25, 0.3) is 0 Å². The smallest absolute Gasteiger partial charge is 0.164 e. The topological polar surface area (TPSA) is 23.6 Å². The van der Waals surface area contributed by atoms with E-state index in [9.17, 15) is 4.79 Å². The quantitative estimate of drug-likeness (QED) is 0.534. The second-order valence-corrected chi connectivity index (χ2v) is 11.7. The second-order valence-electron chi connectivity index (χ2n) is 8.33. The van der Waals surface area contributed by atoms with Gasteiger partial charge in [0.1, 0.15) is 0 Å². The molecule has 2 atom stereocenters. The SMILES string of the molecule is CCCN1C=CSC1(C)C1(C2(C)SC=CN2CCC)CC(=O)c2cscc2C1. The third-order valence-electron chi connectivity index (χ3n) is 6.87. The zero-order valence-corrected chi connectivity index (χ0v) is 19.7. The highest BCUT2D eigenvalue weighted by Gasteiger charge is 2.66. The van der Waals surface area contributed by atoms with E-state index in [4.69, 9.17) is 0 Å². The van der Waals surface area contributed by atoms with E-state index in [1.165, 1.54) is 5.56 Å². The van der Waals surface area contributed by atoms with Crippen molar-refractivity contribution in [2.45, 2.75) is 63.1 Å². The van der Waals surface area contributed by atoms with E-state index in [1.807, 2.05) is 23.5 Å². The van der Waals surface area contributed by atoms with E-state index >= 15 is 0 Å². The van der Waals surface area contributed by atoms with Crippen LogP contribution in [-0.4, -0.2) is 38.4 Å². The third-order valence-corrected chi connectivity index (χ3v) is 10.4. The fourth-order valence-corrected chi connectivity index (χ4v) is 8.86. The molecule has 28 heavy (non-hydrogen) atoms. The fourth-order valence-electron chi connectivity index (χ4n) is 5.27. The molecule has 3 heterocycles. The van der Waals surface area contributed by atoms with Crippen molar-refractivity contribution in [3.63, 3.8) is 0 Å². The van der Waals surface area contributed by atoms with E-state index in [1.54, 1.807) is 11.3 Å². The van der Waals surface area contributed by atoms with Crippen molar-refractivity contribution in [3.8, 4) is 0 Å². The summed E-state index contributed by atoms with van der Waals surface area (Å²) in [5.41, 5.74) is 2.01. The van der Waals surface area contributed by atoms with E-state index in [0.717, 1.165) is 37.9 Å². The van der Waals surface area contributed by atoms with E-state index in [0.29, 0.717) is 12.2 Å². The van der Waals surface area contributed by atoms with Crippen LogP contribution in [0.1, 0.15) is 62.9 Å². The summed E-state index contributed by atoms with van der Waals surface area (Å²) in [4.78, 5) is 18.1.